The summed E-state index contributed by atoms with van der Waals surface area (Å²) >= 11 is 1.70. The number of hydrogen-bond donors (Lipinski definition) is 1. The minimum atomic E-state index is -0.181. The van der Waals surface area contributed by atoms with Crippen molar-refractivity contribution < 1.29 is 9.59 Å². The van der Waals surface area contributed by atoms with Crippen LogP contribution in [-0.2, 0) is 9.59 Å². The van der Waals surface area contributed by atoms with E-state index in [1.54, 1.807) is 18.7 Å². The third-order valence-electron chi connectivity index (χ3n) is 4.80. The standard InChI is InChI=1S/C22H26N2O2S/c1-17(25)7-3-2-4-10-21(24-13-14-27-16-24)22(26)23-20-12-11-18-8-5-6-9-19(18)15-20/h5-6,8-9,11-15,21H,2-4,7,10,16H2,1H3,(H,23,26)/t21-/m0/s1. The zero-order valence-electron chi connectivity index (χ0n) is 15.7. The minimum Gasteiger partial charge on any atom is -0.356 e. The van der Waals surface area contributed by atoms with Crippen molar-refractivity contribution in [2.75, 3.05) is 11.2 Å². The smallest absolute Gasteiger partial charge is 0.247 e. The Morgan fingerprint density at radius 2 is 1.93 bits per heavy atom. The largest absolute Gasteiger partial charge is 0.356 e. The predicted molar refractivity (Wildman–Crippen MR) is 114 cm³/mol. The van der Waals surface area contributed by atoms with E-state index in [0.29, 0.717) is 6.42 Å². The van der Waals surface area contributed by atoms with Crippen LogP contribution in [0.2, 0.25) is 0 Å². The van der Waals surface area contributed by atoms with E-state index in [9.17, 15) is 9.59 Å². The van der Waals surface area contributed by atoms with E-state index < -0.39 is 0 Å². The zero-order valence-corrected chi connectivity index (χ0v) is 16.5. The first-order valence-electron chi connectivity index (χ1n) is 9.46. The molecule has 4 nitrogen and oxygen atoms in total. The molecule has 0 radical (unpaired) electrons. The highest BCUT2D eigenvalue weighted by Gasteiger charge is 2.25. The number of Topliss-reactive ketones (excluding diaryl/α,β-unsaturated/α-hetero) is 1. The molecular weight excluding hydrogens is 356 g/mol. The maximum atomic E-state index is 13.0. The number of anilines is 1. The number of carbonyl (C=O) groups is 2. The lowest BCUT2D eigenvalue weighted by atomic mass is 10.0. The van der Waals surface area contributed by atoms with Crippen LogP contribution in [0.25, 0.3) is 10.8 Å². The summed E-state index contributed by atoms with van der Waals surface area (Å²) in [6, 6.07) is 14.0. The number of unbranched alkanes of at least 4 members (excludes halogenated alkanes) is 2. The van der Waals surface area contributed by atoms with Crippen LogP contribution < -0.4 is 5.32 Å². The first kappa shape index (κ1) is 19.5. The third-order valence-corrected chi connectivity index (χ3v) is 5.56. The van der Waals surface area contributed by atoms with Gasteiger partial charge in [0.15, 0.2) is 0 Å². The van der Waals surface area contributed by atoms with Crippen molar-refractivity contribution in [3.8, 4) is 0 Å². The minimum absolute atomic E-state index is 0.0315. The second kappa shape index (κ2) is 9.60. The number of ketones is 1. The molecule has 142 valence electrons. The highest BCUT2D eigenvalue weighted by Crippen LogP contribution is 2.24. The fraction of sp³-hybridized carbons (Fsp3) is 0.364. The van der Waals surface area contributed by atoms with Crippen molar-refractivity contribution >= 4 is 39.9 Å². The molecule has 1 N–H and O–H groups in total. The van der Waals surface area contributed by atoms with Crippen molar-refractivity contribution in [1.29, 1.82) is 0 Å². The Labute approximate surface area is 165 Å². The van der Waals surface area contributed by atoms with Gasteiger partial charge >= 0.3 is 0 Å². The lowest BCUT2D eigenvalue weighted by molar-refractivity contribution is -0.120. The van der Waals surface area contributed by atoms with Crippen LogP contribution in [0.4, 0.5) is 5.69 Å². The van der Waals surface area contributed by atoms with Crippen LogP contribution in [0.5, 0.6) is 0 Å². The second-order valence-electron chi connectivity index (χ2n) is 6.96. The van der Waals surface area contributed by atoms with Crippen molar-refractivity contribution in [3.05, 3.63) is 54.1 Å². The van der Waals surface area contributed by atoms with Gasteiger partial charge in [-0.2, -0.15) is 0 Å². The van der Waals surface area contributed by atoms with Crippen molar-refractivity contribution in [2.45, 2.75) is 45.1 Å². The van der Waals surface area contributed by atoms with Gasteiger partial charge < -0.3 is 15.0 Å². The summed E-state index contributed by atoms with van der Waals surface area (Å²) in [7, 11) is 0. The number of rotatable bonds is 9. The molecule has 0 bridgehead atoms. The molecule has 0 saturated carbocycles. The van der Waals surface area contributed by atoms with Gasteiger partial charge in [0.2, 0.25) is 5.91 Å². The van der Waals surface area contributed by atoms with Crippen LogP contribution in [0, 0.1) is 0 Å². The fourth-order valence-electron chi connectivity index (χ4n) is 3.32. The van der Waals surface area contributed by atoms with Gasteiger partial charge in [0, 0.05) is 18.3 Å². The second-order valence-corrected chi connectivity index (χ2v) is 7.83. The van der Waals surface area contributed by atoms with Crippen molar-refractivity contribution in [1.82, 2.24) is 4.90 Å². The number of nitrogens with zero attached hydrogens (tertiary/aromatic N) is 1. The van der Waals surface area contributed by atoms with E-state index in [1.807, 2.05) is 41.9 Å². The molecule has 0 aliphatic carbocycles. The Morgan fingerprint density at radius 1 is 1.11 bits per heavy atom. The van der Waals surface area contributed by atoms with E-state index in [0.717, 1.165) is 48.0 Å². The fourth-order valence-corrected chi connectivity index (χ4v) is 4.08. The molecule has 1 amide bonds. The normalized spacial score (nSPS) is 14.5. The van der Waals surface area contributed by atoms with Gasteiger partial charge in [-0.3, -0.25) is 4.79 Å². The van der Waals surface area contributed by atoms with Gasteiger partial charge in [0.25, 0.3) is 0 Å². The number of benzene rings is 2. The maximum Gasteiger partial charge on any atom is 0.247 e. The molecule has 1 aliphatic heterocycles. The summed E-state index contributed by atoms with van der Waals surface area (Å²) in [6.07, 6.45) is 6.25. The molecule has 3 rings (SSSR count). The van der Waals surface area contributed by atoms with Gasteiger partial charge in [-0.05, 0) is 48.1 Å². The molecule has 1 heterocycles. The average Bonchev–Trinajstić information content (AvgIpc) is 3.18. The quantitative estimate of drug-likeness (QED) is 0.608. The predicted octanol–water partition coefficient (Wildman–Crippen LogP) is 5.16. The summed E-state index contributed by atoms with van der Waals surface area (Å²) in [5.41, 5.74) is 0.830. The molecule has 0 saturated heterocycles. The van der Waals surface area contributed by atoms with Crippen LogP contribution in [0.1, 0.15) is 39.0 Å². The zero-order chi connectivity index (χ0) is 19.1. The SMILES string of the molecule is CC(=O)CCCCC[C@@H](C(=O)Nc1ccc2ccccc2c1)N1C=CSC1. The van der Waals surface area contributed by atoms with E-state index in [2.05, 4.69) is 22.3 Å². The monoisotopic (exact) mass is 382 g/mol. The van der Waals surface area contributed by atoms with E-state index in [-0.39, 0.29) is 17.7 Å². The molecule has 0 fully saturated rings. The molecule has 2 aromatic rings. The molecule has 1 aliphatic rings. The molecule has 0 spiro atoms. The van der Waals surface area contributed by atoms with Gasteiger partial charge in [0.1, 0.15) is 11.8 Å². The first-order valence-corrected chi connectivity index (χ1v) is 10.5. The van der Waals surface area contributed by atoms with Crippen LogP contribution >= 0.6 is 11.8 Å². The number of thioether (sulfide) groups is 1. The summed E-state index contributed by atoms with van der Waals surface area (Å²) in [5, 5.41) is 7.41. The van der Waals surface area contributed by atoms with Crippen LogP contribution in [0.15, 0.2) is 54.1 Å². The Balaban J connectivity index is 1.62. The average molecular weight is 383 g/mol. The van der Waals surface area contributed by atoms with Crippen molar-refractivity contribution in [2.24, 2.45) is 0 Å². The third kappa shape index (κ3) is 5.60. The van der Waals surface area contributed by atoms with Crippen LogP contribution in [-0.4, -0.2) is 28.5 Å². The molecule has 27 heavy (non-hydrogen) atoms. The summed E-state index contributed by atoms with van der Waals surface area (Å²) in [4.78, 5) is 26.1. The van der Waals surface area contributed by atoms with Gasteiger partial charge in [0.05, 0.1) is 5.88 Å². The Bertz CT molecular complexity index is 834. The Hall–Kier alpha value is -2.27. The Morgan fingerprint density at radius 3 is 2.67 bits per heavy atom. The van der Waals surface area contributed by atoms with Crippen LogP contribution in [0.3, 0.4) is 0 Å². The molecule has 1 atom stereocenters. The van der Waals surface area contributed by atoms with E-state index in [4.69, 9.17) is 0 Å². The molecule has 5 heteroatoms. The summed E-state index contributed by atoms with van der Waals surface area (Å²) < 4.78 is 0. The number of hydrogen-bond acceptors (Lipinski definition) is 4. The first-order chi connectivity index (χ1) is 13.1. The summed E-state index contributed by atoms with van der Waals surface area (Å²) in [6.45, 7) is 1.63. The number of fused-ring (bicyclic) bond motifs is 1. The van der Waals surface area contributed by atoms with Gasteiger partial charge in [-0.25, -0.2) is 0 Å². The maximum absolute atomic E-state index is 13.0. The van der Waals surface area contributed by atoms with E-state index in [1.165, 1.54) is 0 Å². The number of amides is 1. The van der Waals surface area contributed by atoms with Crippen molar-refractivity contribution in [3.63, 3.8) is 0 Å². The molecule has 0 unspecified atom stereocenters. The van der Waals surface area contributed by atoms with Gasteiger partial charge in [-0.1, -0.05) is 43.2 Å². The molecule has 0 aromatic heterocycles. The van der Waals surface area contributed by atoms with Gasteiger partial charge in [-0.15, -0.1) is 11.8 Å². The number of nitrogens with one attached hydrogen (secondary N) is 1. The number of carbonyl (C=O) groups excluding carboxylic acids is 2. The highest BCUT2D eigenvalue weighted by molar-refractivity contribution is 8.02. The van der Waals surface area contributed by atoms with E-state index >= 15 is 0 Å². The Kier molecular flexibility index (Phi) is 6.93. The molecule has 2 aromatic carbocycles. The summed E-state index contributed by atoms with van der Waals surface area (Å²) in [5.74, 6) is 1.08. The highest BCUT2D eigenvalue weighted by atomic mass is 32.2. The molecular formula is C22H26N2O2S. The topological polar surface area (TPSA) is 49.4 Å². The lowest BCUT2D eigenvalue weighted by Gasteiger charge is -2.26. The lowest BCUT2D eigenvalue weighted by Crippen LogP contribution is -2.40.